The number of hydrogen-bond acceptors (Lipinski definition) is 2. The minimum atomic E-state index is 0.0833. The molecule has 40 valence electrons. The molecule has 0 radical (unpaired) electrons. The summed E-state index contributed by atoms with van der Waals surface area (Å²) in [5, 5.41) is 0. The lowest BCUT2D eigenvalue weighted by Gasteiger charge is -2.25. The molecule has 0 bridgehead atoms. The lowest BCUT2D eigenvalue weighted by molar-refractivity contribution is -0.0167. The molecule has 0 aromatic rings. The summed E-state index contributed by atoms with van der Waals surface area (Å²) < 4.78 is 9.94. The van der Waals surface area contributed by atoms with Crippen LogP contribution in [0.4, 0.5) is 0 Å². The van der Waals surface area contributed by atoms with Gasteiger partial charge in [-0.15, -0.1) is 0 Å². The molecule has 1 aliphatic heterocycles. The Morgan fingerprint density at radius 1 is 1.43 bits per heavy atom. The summed E-state index contributed by atoms with van der Waals surface area (Å²) in [7, 11) is 0.0833. The molecule has 1 fully saturated rings. The van der Waals surface area contributed by atoms with Crippen LogP contribution in [0, 0.1) is 0 Å². The minimum absolute atomic E-state index is 0.0833. The van der Waals surface area contributed by atoms with Crippen LogP contribution < -0.4 is 0 Å². The Morgan fingerprint density at radius 3 is 2.00 bits per heavy atom. The highest BCUT2D eigenvalue weighted by Crippen LogP contribution is 2.15. The minimum Gasteiger partial charge on any atom is -0.389 e. The van der Waals surface area contributed by atoms with E-state index in [-0.39, 0.29) is 7.12 Å². The van der Waals surface area contributed by atoms with E-state index in [2.05, 4.69) is 13.8 Å². The monoisotopic (exact) mass is 100 g/mol. The molecule has 2 nitrogen and oxygen atoms in total. The van der Waals surface area contributed by atoms with Gasteiger partial charge in [0.25, 0.3) is 0 Å². The predicted molar refractivity (Wildman–Crippen MR) is 27.9 cm³/mol. The smallest absolute Gasteiger partial charge is 0.389 e. The first-order chi connectivity index (χ1) is 3.30. The van der Waals surface area contributed by atoms with Crippen LogP contribution in [-0.2, 0) is 9.31 Å². The summed E-state index contributed by atoms with van der Waals surface area (Å²) >= 11 is 0. The van der Waals surface area contributed by atoms with E-state index >= 15 is 0 Å². The summed E-state index contributed by atoms with van der Waals surface area (Å²) in [6.45, 7) is 4.64. The Bertz CT molecular complexity index is 60.7. The molecule has 0 unspecified atom stereocenters. The predicted octanol–water partition coefficient (Wildman–Crippen LogP) is 0.889. The first kappa shape index (κ1) is 5.13. The molecule has 1 aliphatic rings. The van der Waals surface area contributed by atoms with Crippen LogP contribution in [0.15, 0.2) is 0 Å². The van der Waals surface area contributed by atoms with Crippen LogP contribution in [0.25, 0.3) is 0 Å². The van der Waals surface area contributed by atoms with Gasteiger partial charge in [0, 0.05) is 0 Å². The van der Waals surface area contributed by atoms with Crippen LogP contribution in [0.3, 0.4) is 0 Å². The highest BCUT2D eigenvalue weighted by molar-refractivity contribution is 6.47. The van der Waals surface area contributed by atoms with Crippen molar-refractivity contribution in [2.45, 2.75) is 19.7 Å². The van der Waals surface area contributed by atoms with Crippen molar-refractivity contribution < 1.29 is 9.31 Å². The average molecular weight is 99.9 g/mol. The van der Waals surface area contributed by atoms with Crippen LogP contribution in [0.2, 0.25) is 5.82 Å². The van der Waals surface area contributed by atoms with Crippen molar-refractivity contribution in [1.82, 2.24) is 0 Å². The fraction of sp³-hybridized carbons (Fsp3) is 1.00. The molecule has 0 aromatic carbocycles. The van der Waals surface area contributed by atoms with Crippen LogP contribution >= 0.6 is 0 Å². The van der Waals surface area contributed by atoms with E-state index in [0.29, 0.717) is 12.6 Å². The normalized spacial score (nSPS) is 20.1. The summed E-state index contributed by atoms with van der Waals surface area (Å²) in [6, 6.07) is 0. The van der Waals surface area contributed by atoms with Gasteiger partial charge in [0.05, 0.1) is 0 Å². The molecule has 0 amide bonds. The van der Waals surface area contributed by atoms with Crippen molar-refractivity contribution in [1.29, 1.82) is 0 Å². The average Bonchev–Trinajstić information content (AvgIpc) is 1.23. The van der Waals surface area contributed by atoms with Crippen LogP contribution in [0.5, 0.6) is 0 Å². The zero-order valence-corrected chi connectivity index (χ0v) is 4.68. The molecular weight excluding hydrogens is 90.9 g/mol. The van der Waals surface area contributed by atoms with Gasteiger partial charge in [-0.1, -0.05) is 13.8 Å². The molecule has 0 aliphatic carbocycles. The van der Waals surface area contributed by atoms with Crippen LogP contribution in [0.1, 0.15) is 13.8 Å². The molecule has 0 N–H and O–H groups in total. The van der Waals surface area contributed by atoms with E-state index in [9.17, 15) is 0 Å². The fourth-order valence-electron chi connectivity index (χ4n) is 0.532. The maximum absolute atomic E-state index is 4.97. The Labute approximate surface area is 43.9 Å². The van der Waals surface area contributed by atoms with Gasteiger partial charge in [-0.25, -0.2) is 0 Å². The van der Waals surface area contributed by atoms with Crippen molar-refractivity contribution >= 4 is 7.12 Å². The van der Waals surface area contributed by atoms with Gasteiger partial charge in [0.15, 0.2) is 0 Å². The zero-order chi connectivity index (χ0) is 5.28. The Kier molecular flexibility index (Phi) is 1.35. The topological polar surface area (TPSA) is 18.5 Å². The number of rotatable bonds is 1. The standard InChI is InChI=1S/C4H9BO2/c1-4(2)5-6-3-7-5/h4H,3H2,1-2H3. The molecule has 1 heterocycles. The van der Waals surface area contributed by atoms with Crippen LogP contribution in [-0.4, -0.2) is 13.9 Å². The summed E-state index contributed by atoms with van der Waals surface area (Å²) in [6.07, 6.45) is 0. The lowest BCUT2D eigenvalue weighted by atomic mass is 9.73. The highest BCUT2D eigenvalue weighted by atomic mass is 16.8. The summed E-state index contributed by atoms with van der Waals surface area (Å²) in [5.74, 6) is 0.508. The van der Waals surface area contributed by atoms with Gasteiger partial charge in [-0.05, 0) is 5.82 Å². The van der Waals surface area contributed by atoms with Gasteiger partial charge in [-0.3, -0.25) is 0 Å². The zero-order valence-electron chi connectivity index (χ0n) is 4.68. The number of hydrogen-bond donors (Lipinski definition) is 0. The SMILES string of the molecule is CC(C)B1OCO1. The van der Waals surface area contributed by atoms with Gasteiger partial charge in [0.1, 0.15) is 6.79 Å². The Balaban J connectivity index is 2.14. The second kappa shape index (κ2) is 1.84. The highest BCUT2D eigenvalue weighted by Gasteiger charge is 2.29. The maximum atomic E-state index is 4.97. The molecule has 0 saturated carbocycles. The van der Waals surface area contributed by atoms with Crippen molar-refractivity contribution in [3.63, 3.8) is 0 Å². The first-order valence-corrected chi connectivity index (χ1v) is 2.54. The van der Waals surface area contributed by atoms with Crippen molar-refractivity contribution in [3.05, 3.63) is 0 Å². The van der Waals surface area contributed by atoms with Crippen molar-refractivity contribution in [2.75, 3.05) is 6.79 Å². The second-order valence-electron chi connectivity index (χ2n) is 2.06. The van der Waals surface area contributed by atoms with E-state index in [0.717, 1.165) is 0 Å². The third kappa shape index (κ3) is 0.953. The Morgan fingerprint density at radius 2 is 2.00 bits per heavy atom. The van der Waals surface area contributed by atoms with Gasteiger partial charge >= 0.3 is 7.12 Å². The largest absolute Gasteiger partial charge is 0.462 e. The van der Waals surface area contributed by atoms with Gasteiger partial charge in [-0.2, -0.15) is 0 Å². The Hall–Kier alpha value is -0.0151. The van der Waals surface area contributed by atoms with E-state index < -0.39 is 0 Å². The fourth-order valence-corrected chi connectivity index (χ4v) is 0.532. The molecule has 1 saturated heterocycles. The van der Waals surface area contributed by atoms with Gasteiger partial charge in [0.2, 0.25) is 0 Å². The summed E-state index contributed by atoms with van der Waals surface area (Å²) in [4.78, 5) is 0. The molecule has 0 spiro atoms. The van der Waals surface area contributed by atoms with E-state index in [1.165, 1.54) is 0 Å². The molecule has 7 heavy (non-hydrogen) atoms. The molecule has 1 rings (SSSR count). The maximum Gasteiger partial charge on any atom is 0.462 e. The van der Waals surface area contributed by atoms with E-state index in [1.807, 2.05) is 0 Å². The van der Waals surface area contributed by atoms with Crippen molar-refractivity contribution in [3.8, 4) is 0 Å². The van der Waals surface area contributed by atoms with E-state index in [1.54, 1.807) is 0 Å². The third-order valence-electron chi connectivity index (χ3n) is 1.01. The van der Waals surface area contributed by atoms with E-state index in [4.69, 9.17) is 9.31 Å². The first-order valence-electron chi connectivity index (χ1n) is 2.54. The molecule has 0 atom stereocenters. The second-order valence-corrected chi connectivity index (χ2v) is 2.06. The molecule has 3 heteroatoms. The van der Waals surface area contributed by atoms with Gasteiger partial charge < -0.3 is 9.31 Å². The molecular formula is C4H9BO2. The van der Waals surface area contributed by atoms with Crippen molar-refractivity contribution in [2.24, 2.45) is 0 Å². The summed E-state index contributed by atoms with van der Waals surface area (Å²) in [5.41, 5.74) is 0. The quantitative estimate of drug-likeness (QED) is 0.455. The molecule has 0 aromatic heterocycles. The lowest BCUT2D eigenvalue weighted by Crippen LogP contribution is -2.38. The third-order valence-corrected chi connectivity index (χ3v) is 1.01.